The number of carboxylic acids is 1. The van der Waals surface area contributed by atoms with Gasteiger partial charge >= 0.3 is 5.97 Å². The van der Waals surface area contributed by atoms with E-state index in [1.165, 1.54) is 28.2 Å². The highest BCUT2D eigenvalue weighted by molar-refractivity contribution is 6.39. The number of hydrogen-bond donors (Lipinski definition) is 1. The van der Waals surface area contributed by atoms with Crippen molar-refractivity contribution in [3.8, 4) is 6.07 Å². The lowest BCUT2D eigenvalue weighted by Crippen LogP contribution is -2.41. The van der Waals surface area contributed by atoms with Crippen LogP contribution in [0, 0.1) is 22.2 Å². The molecule has 0 bridgehead atoms. The van der Waals surface area contributed by atoms with Crippen LogP contribution in [-0.2, 0) is 4.79 Å². The Balaban J connectivity index is 1.90. The van der Waals surface area contributed by atoms with Gasteiger partial charge in [-0.15, -0.1) is 0 Å². The van der Waals surface area contributed by atoms with Crippen LogP contribution in [0.15, 0.2) is 18.6 Å². The van der Waals surface area contributed by atoms with Crippen molar-refractivity contribution < 1.29 is 19.5 Å². The third-order valence-electron chi connectivity index (χ3n) is 6.47. The molecule has 0 unspecified atom stereocenters. The van der Waals surface area contributed by atoms with Gasteiger partial charge in [0.05, 0.1) is 45.4 Å². The van der Waals surface area contributed by atoms with E-state index in [2.05, 4.69) is 16.2 Å². The zero-order chi connectivity index (χ0) is 26.8. The molecule has 11 heteroatoms. The number of rotatable bonds is 7. The Hall–Kier alpha value is -2.96. The van der Waals surface area contributed by atoms with Crippen molar-refractivity contribution in [2.45, 2.75) is 59.4 Å². The van der Waals surface area contributed by atoms with Gasteiger partial charge in [-0.1, -0.05) is 44.0 Å². The first-order valence-electron chi connectivity index (χ1n) is 11.6. The third kappa shape index (κ3) is 5.88. The van der Waals surface area contributed by atoms with Crippen molar-refractivity contribution in [1.29, 1.82) is 5.26 Å². The molecule has 2 heterocycles. The lowest BCUT2D eigenvalue weighted by Gasteiger charge is -2.34. The van der Waals surface area contributed by atoms with Crippen molar-refractivity contribution in [1.82, 2.24) is 19.7 Å². The summed E-state index contributed by atoms with van der Waals surface area (Å²) in [6, 6.07) is 1.89. The van der Waals surface area contributed by atoms with Crippen LogP contribution in [0.25, 0.3) is 0 Å². The minimum atomic E-state index is -0.838. The summed E-state index contributed by atoms with van der Waals surface area (Å²) in [5.41, 5.74) is -0.896. The van der Waals surface area contributed by atoms with Gasteiger partial charge in [-0.25, -0.2) is 0 Å². The number of carbonyl (C=O) groups is 3. The number of aliphatic carboxylic acids is 1. The molecule has 2 aromatic heterocycles. The van der Waals surface area contributed by atoms with Gasteiger partial charge in [0.25, 0.3) is 5.91 Å². The number of Topliss-reactive ketones (excluding diaryl/α,β-unsaturated/α-hetero) is 1. The number of pyridine rings is 1. The first-order valence-corrected chi connectivity index (χ1v) is 12.4. The maximum Gasteiger partial charge on any atom is 0.309 e. The SMILES string of the molecule is CC(C)(C)CN(CC(=O)c1c(Cl)cncc1Cl)C(=O)c1cnn([C@H]2CC[C@](C)(C(=O)O)CC2)c1C#N. The summed E-state index contributed by atoms with van der Waals surface area (Å²) in [5.74, 6) is -1.79. The predicted octanol–water partition coefficient (Wildman–Crippen LogP) is 5.03. The minimum Gasteiger partial charge on any atom is -0.481 e. The Labute approximate surface area is 220 Å². The van der Waals surface area contributed by atoms with Crippen molar-refractivity contribution in [3.63, 3.8) is 0 Å². The minimum absolute atomic E-state index is 0.0833. The molecule has 0 atom stereocenters. The fourth-order valence-electron chi connectivity index (χ4n) is 4.48. The Morgan fingerprint density at radius 2 is 1.78 bits per heavy atom. The van der Waals surface area contributed by atoms with Gasteiger partial charge in [-0.05, 0) is 38.0 Å². The van der Waals surface area contributed by atoms with Crippen molar-refractivity contribution in [3.05, 3.63) is 45.5 Å². The van der Waals surface area contributed by atoms with Gasteiger partial charge in [-0.2, -0.15) is 10.4 Å². The van der Waals surface area contributed by atoms with Gasteiger partial charge in [0.1, 0.15) is 6.07 Å². The quantitative estimate of drug-likeness (QED) is 0.493. The molecular formula is C25H29Cl2N5O4. The lowest BCUT2D eigenvalue weighted by atomic mass is 9.74. The smallest absolute Gasteiger partial charge is 0.309 e. The molecule has 1 aliphatic carbocycles. The number of aromatic nitrogens is 3. The highest BCUT2D eigenvalue weighted by Crippen LogP contribution is 2.41. The van der Waals surface area contributed by atoms with Crippen LogP contribution in [0.5, 0.6) is 0 Å². The molecule has 0 aromatic carbocycles. The second kappa shape index (κ2) is 10.6. The van der Waals surface area contributed by atoms with E-state index in [-0.39, 0.29) is 51.4 Å². The lowest BCUT2D eigenvalue weighted by molar-refractivity contribution is -0.150. The molecule has 3 rings (SSSR count). The first kappa shape index (κ1) is 27.6. The van der Waals surface area contributed by atoms with E-state index < -0.39 is 23.1 Å². The number of ketones is 1. The van der Waals surface area contributed by atoms with Crippen LogP contribution >= 0.6 is 23.2 Å². The molecule has 0 saturated heterocycles. The maximum absolute atomic E-state index is 13.6. The normalized spacial score (nSPS) is 20.0. The summed E-state index contributed by atoms with van der Waals surface area (Å²) in [7, 11) is 0. The number of nitrogens with zero attached hydrogens (tertiary/aromatic N) is 5. The number of halogens is 2. The molecular weight excluding hydrogens is 505 g/mol. The number of carbonyl (C=O) groups excluding carboxylic acids is 2. The summed E-state index contributed by atoms with van der Waals surface area (Å²) in [6.45, 7) is 7.45. The van der Waals surface area contributed by atoms with Crippen molar-refractivity contribution in [2.24, 2.45) is 10.8 Å². The van der Waals surface area contributed by atoms with E-state index in [4.69, 9.17) is 23.2 Å². The molecule has 1 N–H and O–H groups in total. The van der Waals surface area contributed by atoms with Crippen LogP contribution in [-0.4, -0.2) is 55.5 Å². The largest absolute Gasteiger partial charge is 0.481 e. The molecule has 2 aromatic rings. The van der Waals surface area contributed by atoms with E-state index in [0.717, 1.165) is 0 Å². The standard InChI is InChI=1S/C25H29Cl2N5O4/c1-24(2,3)14-31(13-20(33)21-17(26)11-29-12-18(21)27)22(34)16-10-30-32(19(16)9-28)15-5-7-25(4,8-6-15)23(35)36/h10-12,15H,5-8,13-14H2,1-4H3,(H,35,36)/t15-,25-. The van der Waals surface area contributed by atoms with Crippen LogP contribution in [0.4, 0.5) is 0 Å². The molecule has 0 spiro atoms. The average molecular weight is 534 g/mol. The summed E-state index contributed by atoms with van der Waals surface area (Å²) in [6.07, 6.45) is 5.91. The van der Waals surface area contributed by atoms with E-state index in [1.807, 2.05) is 20.8 Å². The average Bonchev–Trinajstić information content (AvgIpc) is 3.21. The van der Waals surface area contributed by atoms with E-state index >= 15 is 0 Å². The van der Waals surface area contributed by atoms with Gasteiger partial charge in [-0.3, -0.25) is 24.0 Å². The molecule has 1 aliphatic rings. The summed E-state index contributed by atoms with van der Waals surface area (Å²) < 4.78 is 1.52. The first-order chi connectivity index (χ1) is 16.8. The highest BCUT2D eigenvalue weighted by Gasteiger charge is 2.39. The van der Waals surface area contributed by atoms with Crippen LogP contribution in [0.2, 0.25) is 10.0 Å². The molecule has 1 fully saturated rings. The van der Waals surface area contributed by atoms with Crippen LogP contribution < -0.4 is 0 Å². The summed E-state index contributed by atoms with van der Waals surface area (Å²) in [4.78, 5) is 43.6. The maximum atomic E-state index is 13.6. The highest BCUT2D eigenvalue weighted by atomic mass is 35.5. The Morgan fingerprint density at radius 3 is 2.28 bits per heavy atom. The molecule has 0 aliphatic heterocycles. The Kier molecular flexibility index (Phi) is 8.11. The zero-order valence-corrected chi connectivity index (χ0v) is 22.2. The van der Waals surface area contributed by atoms with Crippen molar-refractivity contribution >= 4 is 40.9 Å². The van der Waals surface area contributed by atoms with Crippen LogP contribution in [0.1, 0.15) is 85.8 Å². The number of carboxylic acid groups (broad SMARTS) is 1. The summed E-state index contributed by atoms with van der Waals surface area (Å²) >= 11 is 12.3. The molecule has 9 nitrogen and oxygen atoms in total. The fourth-order valence-corrected chi connectivity index (χ4v) is 5.05. The van der Waals surface area contributed by atoms with Crippen molar-refractivity contribution in [2.75, 3.05) is 13.1 Å². The molecule has 0 radical (unpaired) electrons. The Morgan fingerprint density at radius 1 is 1.19 bits per heavy atom. The Bertz CT molecular complexity index is 1200. The topological polar surface area (TPSA) is 129 Å². The molecule has 1 amide bonds. The van der Waals surface area contributed by atoms with E-state index in [1.54, 1.807) is 6.92 Å². The van der Waals surface area contributed by atoms with Gasteiger partial charge in [0.15, 0.2) is 11.5 Å². The number of amides is 1. The van der Waals surface area contributed by atoms with Gasteiger partial charge in [0.2, 0.25) is 0 Å². The zero-order valence-electron chi connectivity index (χ0n) is 20.7. The third-order valence-corrected chi connectivity index (χ3v) is 7.04. The second-order valence-corrected chi connectivity index (χ2v) is 11.5. The van der Waals surface area contributed by atoms with Gasteiger partial charge < -0.3 is 10.0 Å². The van der Waals surface area contributed by atoms with E-state index in [9.17, 15) is 24.8 Å². The number of hydrogen-bond acceptors (Lipinski definition) is 6. The fraction of sp³-hybridized carbons (Fsp3) is 0.520. The molecule has 192 valence electrons. The van der Waals surface area contributed by atoms with Crippen LogP contribution in [0.3, 0.4) is 0 Å². The van der Waals surface area contributed by atoms with Gasteiger partial charge in [0, 0.05) is 18.9 Å². The number of nitriles is 1. The molecule has 1 saturated carbocycles. The second-order valence-electron chi connectivity index (χ2n) is 10.7. The van der Waals surface area contributed by atoms with E-state index in [0.29, 0.717) is 25.7 Å². The summed E-state index contributed by atoms with van der Waals surface area (Å²) in [5, 5.41) is 23.9. The predicted molar refractivity (Wildman–Crippen MR) is 134 cm³/mol. The molecule has 36 heavy (non-hydrogen) atoms. The monoisotopic (exact) mass is 533 g/mol.